The molecule has 0 unspecified atom stereocenters. The predicted octanol–water partition coefficient (Wildman–Crippen LogP) is 0.769. The first kappa shape index (κ1) is 4.77. The Morgan fingerprint density at radius 1 is 1.25 bits per heavy atom. The maximum Gasteiger partial charge on any atom is 0.157 e. The SMILES string of the molecule is C1C[C@H]2CO[C@H](C2)O1. The molecule has 0 aliphatic carbocycles. The van der Waals surface area contributed by atoms with Gasteiger partial charge in [-0.3, -0.25) is 0 Å². The molecule has 2 aliphatic rings. The molecule has 2 atom stereocenters. The highest BCUT2D eigenvalue weighted by Gasteiger charge is 2.29. The van der Waals surface area contributed by atoms with Crippen LogP contribution in [0.3, 0.4) is 0 Å². The smallest absolute Gasteiger partial charge is 0.157 e. The Kier molecular flexibility index (Phi) is 1.02. The largest absolute Gasteiger partial charge is 0.353 e. The molecule has 46 valence electrons. The van der Waals surface area contributed by atoms with Crippen molar-refractivity contribution in [1.82, 2.24) is 0 Å². The molecule has 2 heteroatoms. The van der Waals surface area contributed by atoms with Gasteiger partial charge in [0.25, 0.3) is 0 Å². The van der Waals surface area contributed by atoms with Gasteiger partial charge in [-0.25, -0.2) is 0 Å². The summed E-state index contributed by atoms with van der Waals surface area (Å²) in [5.41, 5.74) is 0. The van der Waals surface area contributed by atoms with E-state index in [0.717, 1.165) is 25.6 Å². The van der Waals surface area contributed by atoms with Gasteiger partial charge in [0.15, 0.2) is 6.29 Å². The lowest BCUT2D eigenvalue weighted by Crippen LogP contribution is -2.17. The lowest BCUT2D eigenvalue weighted by molar-refractivity contribution is -0.111. The Labute approximate surface area is 48.8 Å². The Morgan fingerprint density at radius 3 is 3.00 bits per heavy atom. The summed E-state index contributed by atoms with van der Waals surface area (Å²) in [5.74, 6) is 0.814. The van der Waals surface area contributed by atoms with E-state index in [-0.39, 0.29) is 6.29 Å². The van der Waals surface area contributed by atoms with Crippen molar-refractivity contribution in [3.05, 3.63) is 0 Å². The normalized spacial score (nSPS) is 45.0. The summed E-state index contributed by atoms with van der Waals surface area (Å²) < 4.78 is 10.5. The molecule has 2 aliphatic heterocycles. The molecule has 2 bridgehead atoms. The first-order valence-electron chi connectivity index (χ1n) is 3.18. The van der Waals surface area contributed by atoms with Crippen LogP contribution in [-0.4, -0.2) is 19.5 Å². The fourth-order valence-electron chi connectivity index (χ4n) is 1.34. The van der Waals surface area contributed by atoms with Gasteiger partial charge in [0.05, 0.1) is 13.2 Å². The molecule has 0 aromatic heterocycles. The zero-order valence-electron chi connectivity index (χ0n) is 4.80. The van der Waals surface area contributed by atoms with Gasteiger partial charge in [0.2, 0.25) is 0 Å². The average molecular weight is 114 g/mol. The number of rotatable bonds is 0. The quantitative estimate of drug-likeness (QED) is 0.463. The Morgan fingerprint density at radius 2 is 2.25 bits per heavy atom. The standard InChI is InChI=1S/C6H10O2/c1-2-7-6-3-5(1)4-8-6/h5-6H,1-4H2/t5-,6-/m1/s1. The van der Waals surface area contributed by atoms with Crippen molar-refractivity contribution in [2.75, 3.05) is 13.2 Å². The van der Waals surface area contributed by atoms with Gasteiger partial charge in [-0.05, 0) is 12.3 Å². The third-order valence-electron chi connectivity index (χ3n) is 1.87. The second-order valence-electron chi connectivity index (χ2n) is 2.52. The van der Waals surface area contributed by atoms with E-state index in [4.69, 9.17) is 9.47 Å². The molecule has 2 nitrogen and oxygen atoms in total. The molecule has 0 aromatic rings. The van der Waals surface area contributed by atoms with Crippen LogP contribution in [-0.2, 0) is 9.47 Å². The summed E-state index contributed by atoms with van der Waals surface area (Å²) in [6.07, 6.45) is 2.50. The molecule has 0 spiro atoms. The van der Waals surface area contributed by atoms with Crippen molar-refractivity contribution < 1.29 is 9.47 Å². The molecule has 2 rings (SSSR count). The molecule has 0 N–H and O–H groups in total. The predicted molar refractivity (Wildman–Crippen MR) is 28.4 cm³/mol. The second-order valence-corrected chi connectivity index (χ2v) is 2.52. The lowest BCUT2D eigenvalue weighted by atomic mass is 10.0. The van der Waals surface area contributed by atoms with Gasteiger partial charge in [0, 0.05) is 6.42 Å². The van der Waals surface area contributed by atoms with E-state index < -0.39 is 0 Å². The van der Waals surface area contributed by atoms with E-state index in [1.165, 1.54) is 6.42 Å². The summed E-state index contributed by atoms with van der Waals surface area (Å²) >= 11 is 0. The molecule has 8 heavy (non-hydrogen) atoms. The van der Waals surface area contributed by atoms with E-state index in [1.807, 2.05) is 0 Å². The highest BCUT2D eigenvalue weighted by molar-refractivity contribution is 4.71. The topological polar surface area (TPSA) is 18.5 Å². The number of fused-ring (bicyclic) bond motifs is 2. The average Bonchev–Trinajstić information content (AvgIpc) is 2.12. The summed E-state index contributed by atoms with van der Waals surface area (Å²) in [7, 11) is 0. The first-order chi connectivity index (χ1) is 3.95. The maximum atomic E-state index is 5.25. The third-order valence-corrected chi connectivity index (χ3v) is 1.87. The van der Waals surface area contributed by atoms with Gasteiger partial charge >= 0.3 is 0 Å². The van der Waals surface area contributed by atoms with Crippen LogP contribution < -0.4 is 0 Å². The van der Waals surface area contributed by atoms with Crippen molar-refractivity contribution in [2.24, 2.45) is 5.92 Å². The van der Waals surface area contributed by atoms with Crippen molar-refractivity contribution >= 4 is 0 Å². The van der Waals surface area contributed by atoms with Crippen LogP contribution in [0, 0.1) is 5.92 Å². The lowest BCUT2D eigenvalue weighted by Gasteiger charge is -2.15. The molecule has 0 radical (unpaired) electrons. The van der Waals surface area contributed by atoms with Crippen LogP contribution in [0.25, 0.3) is 0 Å². The first-order valence-corrected chi connectivity index (χ1v) is 3.18. The van der Waals surface area contributed by atoms with E-state index in [0.29, 0.717) is 0 Å². The summed E-state index contributed by atoms with van der Waals surface area (Å²) in [6.45, 7) is 1.85. The van der Waals surface area contributed by atoms with Crippen molar-refractivity contribution in [1.29, 1.82) is 0 Å². The molecule has 2 saturated heterocycles. The monoisotopic (exact) mass is 114 g/mol. The second kappa shape index (κ2) is 1.71. The van der Waals surface area contributed by atoms with E-state index >= 15 is 0 Å². The van der Waals surface area contributed by atoms with E-state index in [9.17, 15) is 0 Å². The van der Waals surface area contributed by atoms with Crippen LogP contribution in [0.5, 0.6) is 0 Å². The number of hydrogen-bond donors (Lipinski definition) is 0. The molecule has 2 fully saturated rings. The highest BCUT2D eigenvalue weighted by Crippen LogP contribution is 2.27. The molecular formula is C6H10O2. The van der Waals surface area contributed by atoms with Gasteiger partial charge in [-0.2, -0.15) is 0 Å². The highest BCUT2D eigenvalue weighted by atomic mass is 16.7. The fourth-order valence-corrected chi connectivity index (χ4v) is 1.34. The summed E-state index contributed by atoms with van der Waals surface area (Å²) in [5, 5.41) is 0. The van der Waals surface area contributed by atoms with Crippen molar-refractivity contribution in [3.8, 4) is 0 Å². The van der Waals surface area contributed by atoms with Gasteiger partial charge in [0.1, 0.15) is 0 Å². The zero-order chi connectivity index (χ0) is 5.40. The van der Waals surface area contributed by atoms with Crippen molar-refractivity contribution in [3.63, 3.8) is 0 Å². The Bertz CT molecular complexity index is 78.5. The minimum Gasteiger partial charge on any atom is -0.353 e. The van der Waals surface area contributed by atoms with Crippen molar-refractivity contribution in [2.45, 2.75) is 19.1 Å². The molecule has 0 saturated carbocycles. The van der Waals surface area contributed by atoms with Gasteiger partial charge in [-0.1, -0.05) is 0 Å². The van der Waals surface area contributed by atoms with Crippen LogP contribution in [0.2, 0.25) is 0 Å². The van der Waals surface area contributed by atoms with E-state index in [2.05, 4.69) is 0 Å². The Hall–Kier alpha value is -0.0800. The van der Waals surface area contributed by atoms with E-state index in [1.54, 1.807) is 0 Å². The van der Waals surface area contributed by atoms with Crippen LogP contribution in [0.4, 0.5) is 0 Å². The summed E-state index contributed by atoms with van der Waals surface area (Å²) in [6, 6.07) is 0. The van der Waals surface area contributed by atoms with Crippen LogP contribution in [0.1, 0.15) is 12.8 Å². The summed E-state index contributed by atoms with van der Waals surface area (Å²) in [4.78, 5) is 0. The van der Waals surface area contributed by atoms with Gasteiger partial charge < -0.3 is 9.47 Å². The molecule has 0 aromatic carbocycles. The minimum atomic E-state index is 0.161. The molecule has 2 heterocycles. The third kappa shape index (κ3) is 0.644. The van der Waals surface area contributed by atoms with Crippen LogP contribution in [0.15, 0.2) is 0 Å². The molecule has 0 amide bonds. The minimum absolute atomic E-state index is 0.161. The van der Waals surface area contributed by atoms with Crippen LogP contribution >= 0.6 is 0 Å². The number of ether oxygens (including phenoxy) is 2. The number of hydrogen-bond acceptors (Lipinski definition) is 2. The maximum absolute atomic E-state index is 5.25. The molecular weight excluding hydrogens is 104 g/mol. The Balaban J connectivity index is 2.03. The van der Waals surface area contributed by atoms with Gasteiger partial charge in [-0.15, -0.1) is 0 Å². The fraction of sp³-hybridized carbons (Fsp3) is 1.00. The zero-order valence-corrected chi connectivity index (χ0v) is 4.80.